The molecule has 0 amide bonds. The number of halogens is 1. The van der Waals surface area contributed by atoms with Crippen LogP contribution in [0.5, 0.6) is 0 Å². The van der Waals surface area contributed by atoms with E-state index in [9.17, 15) is 19.5 Å². The van der Waals surface area contributed by atoms with Gasteiger partial charge in [0.1, 0.15) is 55.0 Å². The van der Waals surface area contributed by atoms with Crippen molar-refractivity contribution in [1.82, 2.24) is 48.7 Å². The summed E-state index contributed by atoms with van der Waals surface area (Å²) in [4.78, 5) is 46.4. The van der Waals surface area contributed by atoms with Crippen molar-refractivity contribution < 1.29 is 51.4 Å². The van der Waals surface area contributed by atoms with Crippen LogP contribution in [0.25, 0.3) is 28.0 Å². The van der Waals surface area contributed by atoms with Crippen molar-refractivity contribution in [3.05, 3.63) is 31.6 Å². The molecule has 3 fully saturated rings. The maximum atomic E-state index is 16.0. The molecule has 0 aromatic carbocycles. The molecule has 2 unspecified atom stereocenters. The fourth-order valence-corrected chi connectivity index (χ4v) is 7.99. The average molecular weight is 701 g/mol. The fraction of sp³-hybridized carbons (Fsp3) is 0.476. The van der Waals surface area contributed by atoms with Gasteiger partial charge in [0, 0.05) is 0 Å². The summed E-state index contributed by atoms with van der Waals surface area (Å²) < 4.78 is 66.4. The van der Waals surface area contributed by atoms with Crippen molar-refractivity contribution in [1.29, 1.82) is 0 Å². The number of aliphatic hydroxyl groups is 1. The van der Waals surface area contributed by atoms with E-state index >= 15 is 4.39 Å². The molecule has 3 aliphatic rings. The molecule has 0 spiro atoms. The van der Waals surface area contributed by atoms with Crippen molar-refractivity contribution >= 4 is 60.1 Å². The van der Waals surface area contributed by atoms with Crippen molar-refractivity contribution in [3.8, 4) is 0 Å². The van der Waals surface area contributed by atoms with Gasteiger partial charge in [-0.25, -0.2) is 43.4 Å². The summed E-state index contributed by atoms with van der Waals surface area (Å²) in [6.07, 6.45) is -5.93. The van der Waals surface area contributed by atoms with Crippen LogP contribution in [0.4, 0.5) is 10.2 Å². The van der Waals surface area contributed by atoms with Crippen molar-refractivity contribution in [2.24, 2.45) is 0 Å². The van der Waals surface area contributed by atoms with Gasteiger partial charge >= 0.3 is 14.5 Å². The average Bonchev–Trinajstić information content (AvgIpc) is 3.83. The van der Waals surface area contributed by atoms with E-state index in [0.717, 1.165) is 6.33 Å². The van der Waals surface area contributed by atoms with Gasteiger partial charge < -0.3 is 34.6 Å². The highest BCUT2D eigenvalue weighted by Gasteiger charge is 2.54. The highest BCUT2D eigenvalue weighted by molar-refractivity contribution is 8.07. The second-order valence-electron chi connectivity index (χ2n) is 10.4. The smallest absolute Gasteiger partial charge is 0.386 e. The van der Waals surface area contributed by atoms with Gasteiger partial charge in [-0.1, -0.05) is 0 Å². The minimum absolute atomic E-state index is 0.0388. The zero-order valence-electron chi connectivity index (χ0n) is 22.8. The molecule has 3 aliphatic heterocycles. The van der Waals surface area contributed by atoms with Crippen molar-refractivity contribution in [3.63, 3.8) is 0 Å². The number of aliphatic hydroxyl groups excluding tert-OH is 1. The van der Waals surface area contributed by atoms with Gasteiger partial charge in [0.05, 0.1) is 25.9 Å². The Morgan fingerprint density at radius 3 is 2.35 bits per heavy atom. The Hall–Kier alpha value is -3.18. The Kier molecular flexibility index (Phi) is 7.17. The van der Waals surface area contributed by atoms with E-state index in [1.54, 1.807) is 0 Å². The third-order valence-electron chi connectivity index (χ3n) is 7.67. The second-order valence-corrected chi connectivity index (χ2v) is 14.6. The number of hydrogen-bond donors (Lipinski definition) is 4. The van der Waals surface area contributed by atoms with Crippen LogP contribution < -0.4 is 5.73 Å². The first kappa shape index (κ1) is 30.2. The molecular weight excluding hydrogens is 679 g/mol. The molecule has 21 nitrogen and oxygen atoms in total. The summed E-state index contributed by atoms with van der Waals surface area (Å²) in [7, 11) is -5.04. The lowest BCUT2D eigenvalue weighted by Crippen LogP contribution is -2.38. The van der Waals surface area contributed by atoms with Gasteiger partial charge in [0.2, 0.25) is 0 Å². The minimum atomic E-state index is -5.04. The molecule has 0 radical (unpaired) electrons. The third kappa shape index (κ3) is 5.00. The first-order valence-corrected chi connectivity index (χ1v) is 17.5. The molecule has 5 aromatic heterocycles. The summed E-state index contributed by atoms with van der Waals surface area (Å²) in [5.74, 6) is 0.0388. The lowest BCUT2D eigenvalue weighted by atomic mass is 10.1. The molecule has 10 atom stereocenters. The summed E-state index contributed by atoms with van der Waals surface area (Å²) in [5.41, 5.74) is 7.11. The maximum absolute atomic E-state index is 16.0. The molecule has 8 heterocycles. The number of imidazole rings is 2. The zero-order chi connectivity index (χ0) is 32.0. The van der Waals surface area contributed by atoms with Crippen LogP contribution in [0.1, 0.15) is 12.5 Å². The second kappa shape index (κ2) is 10.9. The van der Waals surface area contributed by atoms with E-state index in [-0.39, 0.29) is 22.6 Å². The number of aromatic nitrogens is 10. The van der Waals surface area contributed by atoms with Crippen LogP contribution in [0.15, 0.2) is 31.6 Å². The van der Waals surface area contributed by atoms with E-state index in [2.05, 4.69) is 35.0 Å². The Morgan fingerprint density at radius 2 is 1.52 bits per heavy atom. The van der Waals surface area contributed by atoms with Crippen LogP contribution in [-0.2, 0) is 43.9 Å². The van der Waals surface area contributed by atoms with Gasteiger partial charge in [0.15, 0.2) is 46.9 Å². The van der Waals surface area contributed by atoms with Gasteiger partial charge in [-0.3, -0.25) is 22.7 Å². The van der Waals surface area contributed by atoms with Gasteiger partial charge in [-0.05, 0) is 11.8 Å². The fourth-order valence-electron chi connectivity index (χ4n) is 5.59. The summed E-state index contributed by atoms with van der Waals surface area (Å²) in [5, 5.41) is 15.3. The molecule has 8 rings (SSSR count). The molecule has 244 valence electrons. The van der Waals surface area contributed by atoms with Crippen LogP contribution in [0.2, 0.25) is 0 Å². The van der Waals surface area contributed by atoms with Crippen LogP contribution in [-0.4, -0.2) is 113 Å². The number of ether oxygens (including phenoxy) is 2. The van der Waals surface area contributed by atoms with E-state index in [4.69, 9.17) is 45.1 Å². The Bertz CT molecular complexity index is 2070. The standard InChI is InChI=1S/C21H22FN11O10P2S/c22-10-14-8(40-20(10)31-5-27-11-16(23)24-3-25-17(11)31)2-39-45(37,46)43-15-9(1-38-44(35,36)42-14)41-21(13(15)34)32-6-28-12-18(32)29-7-33-19(12)26-4-30-33/h3-10,13-15,20-21,34H,1-2H2,(H,35,36)(H,37,46)(H2,23,24,25)/t8-,9-,10-,13-,14-,15-,20-,21-,45?/m1/s1. The molecule has 3 saturated heterocycles. The largest absolute Gasteiger partial charge is 0.472 e. The third-order valence-corrected chi connectivity index (χ3v) is 10.2. The Morgan fingerprint density at radius 1 is 0.848 bits per heavy atom. The van der Waals surface area contributed by atoms with Crippen LogP contribution in [0, 0.1) is 0 Å². The topological polar surface area (TPSA) is 264 Å². The van der Waals surface area contributed by atoms with E-state index in [1.807, 2.05) is 0 Å². The molecule has 5 N–H and O–H groups in total. The SMILES string of the molecule is Nc1ncnc2c1ncn2[C@@H]1O[C@@H]2COP(O)(=S)O[C@H]3[C@@H](O)[C@H](n4cnc5c4ncn4ncnc54)O[C@@H]3COP(=O)(O)O[C@H]2[C@H]1F. The first-order chi connectivity index (χ1) is 22.0. The predicted octanol–water partition coefficient (Wildman–Crippen LogP) is -0.476. The Balaban J connectivity index is 1.08. The molecule has 46 heavy (non-hydrogen) atoms. The number of phosphoric acid groups is 1. The quantitative estimate of drug-likeness (QED) is 0.169. The number of nitrogen functional groups attached to an aromatic ring is 1. The maximum Gasteiger partial charge on any atom is 0.472 e. The highest BCUT2D eigenvalue weighted by atomic mass is 32.5. The molecular formula is C21H22FN11O10P2S. The number of phosphoric ester groups is 1. The van der Waals surface area contributed by atoms with Crippen molar-refractivity contribution in [2.45, 2.75) is 49.1 Å². The van der Waals surface area contributed by atoms with Crippen LogP contribution in [0.3, 0.4) is 0 Å². The normalized spacial score (nSPS) is 37.3. The Labute approximate surface area is 259 Å². The minimum Gasteiger partial charge on any atom is -0.386 e. The predicted molar refractivity (Wildman–Crippen MR) is 151 cm³/mol. The molecule has 0 aliphatic carbocycles. The van der Waals surface area contributed by atoms with Gasteiger partial charge in [-0.2, -0.15) is 5.10 Å². The summed E-state index contributed by atoms with van der Waals surface area (Å²) in [6, 6.07) is 0. The monoisotopic (exact) mass is 701 g/mol. The van der Waals surface area contributed by atoms with E-state index < -0.39 is 76.9 Å². The molecule has 5 aromatic rings. The number of hydrogen-bond acceptors (Lipinski definition) is 17. The number of alkyl halides is 1. The number of anilines is 1. The summed E-state index contributed by atoms with van der Waals surface area (Å²) in [6.45, 7) is -5.60. The van der Waals surface area contributed by atoms with E-state index in [1.165, 1.54) is 39.0 Å². The summed E-state index contributed by atoms with van der Waals surface area (Å²) >= 11 is 5.21. The van der Waals surface area contributed by atoms with Gasteiger partial charge in [0.25, 0.3) is 0 Å². The number of nitrogens with zero attached hydrogens (tertiary/aromatic N) is 10. The molecule has 25 heteroatoms. The highest BCUT2D eigenvalue weighted by Crippen LogP contribution is 2.54. The molecule has 0 bridgehead atoms. The lowest BCUT2D eigenvalue weighted by molar-refractivity contribution is -0.0629. The van der Waals surface area contributed by atoms with Crippen LogP contribution >= 0.6 is 14.5 Å². The first-order valence-electron chi connectivity index (χ1n) is 13.4. The molecule has 0 saturated carbocycles. The van der Waals surface area contributed by atoms with Crippen molar-refractivity contribution in [2.75, 3.05) is 18.9 Å². The van der Waals surface area contributed by atoms with E-state index in [0.29, 0.717) is 11.2 Å². The van der Waals surface area contributed by atoms with Gasteiger partial charge in [-0.15, -0.1) is 0 Å². The number of fused-ring (bicyclic) bond motifs is 6. The lowest BCUT2D eigenvalue weighted by Gasteiger charge is -2.29. The number of rotatable bonds is 2. The zero-order valence-corrected chi connectivity index (χ0v) is 25.5. The number of nitrogens with two attached hydrogens (primary N) is 1.